The Morgan fingerprint density at radius 3 is 3.00 bits per heavy atom. The molecule has 0 amide bonds. The van der Waals surface area contributed by atoms with E-state index in [0.717, 1.165) is 10.8 Å². The molecule has 0 aromatic carbocycles. The van der Waals surface area contributed by atoms with Gasteiger partial charge in [-0.3, -0.25) is 0 Å². The fourth-order valence-corrected chi connectivity index (χ4v) is 1.88. The van der Waals surface area contributed by atoms with E-state index in [-0.39, 0.29) is 0 Å². The van der Waals surface area contributed by atoms with Gasteiger partial charge in [-0.05, 0) is 18.2 Å². The first-order valence-electron chi connectivity index (χ1n) is 4.50. The highest BCUT2D eigenvalue weighted by molar-refractivity contribution is 7.99. The first-order valence-corrected chi connectivity index (χ1v) is 5.49. The molecule has 0 aliphatic rings. The zero-order valence-corrected chi connectivity index (χ0v) is 8.93. The van der Waals surface area contributed by atoms with Crippen LogP contribution in [0.3, 0.4) is 0 Å². The fourth-order valence-electron chi connectivity index (χ4n) is 0.911. The van der Waals surface area contributed by atoms with E-state index >= 15 is 0 Å². The Kier molecular flexibility index (Phi) is 4.68. The van der Waals surface area contributed by atoms with Crippen molar-refractivity contribution in [1.82, 2.24) is 4.98 Å². The van der Waals surface area contributed by atoms with Gasteiger partial charge >= 0.3 is 0 Å². The van der Waals surface area contributed by atoms with E-state index < -0.39 is 0 Å². The molecule has 1 aromatic rings. The van der Waals surface area contributed by atoms with Gasteiger partial charge < -0.3 is 4.74 Å². The Morgan fingerprint density at radius 1 is 1.46 bits per heavy atom. The minimum absolute atomic E-state index is 0.696. The Bertz CT molecular complexity index is 252. The molecule has 2 nitrogen and oxygen atoms in total. The monoisotopic (exact) mass is 197 g/mol. The highest BCUT2D eigenvalue weighted by atomic mass is 32.2. The molecule has 0 bridgehead atoms. The van der Waals surface area contributed by atoms with Crippen molar-refractivity contribution in [1.29, 1.82) is 0 Å². The largest absolute Gasteiger partial charge is 0.481 e. The highest BCUT2D eigenvalue weighted by Gasteiger charge is 1.96. The molecule has 0 saturated carbocycles. The average molecular weight is 197 g/mol. The van der Waals surface area contributed by atoms with Crippen molar-refractivity contribution in [2.24, 2.45) is 0 Å². The van der Waals surface area contributed by atoms with Crippen molar-refractivity contribution >= 4 is 11.8 Å². The Balaban J connectivity index is 2.46. The molecule has 0 aliphatic heterocycles. The van der Waals surface area contributed by atoms with Crippen LogP contribution >= 0.6 is 11.8 Å². The maximum Gasteiger partial charge on any atom is 0.213 e. The van der Waals surface area contributed by atoms with Crippen LogP contribution in [0.5, 0.6) is 5.88 Å². The lowest BCUT2D eigenvalue weighted by molar-refractivity contribution is 0.394. The molecular formula is C10H15NOS. The molecule has 0 atom stereocenters. The third-order valence-electron chi connectivity index (χ3n) is 1.65. The molecule has 0 spiro atoms. The summed E-state index contributed by atoms with van der Waals surface area (Å²) in [6.07, 6.45) is 2.47. The van der Waals surface area contributed by atoms with Crippen molar-refractivity contribution < 1.29 is 4.74 Å². The number of unbranched alkanes of at least 4 members (excludes halogenated alkanes) is 1. The number of pyridine rings is 1. The molecule has 1 heterocycles. The predicted molar refractivity (Wildman–Crippen MR) is 56.4 cm³/mol. The molecule has 0 fully saturated rings. The molecule has 0 aliphatic carbocycles. The second-order valence-corrected chi connectivity index (χ2v) is 3.84. The molecule has 0 saturated heterocycles. The molecular weight excluding hydrogens is 182 g/mol. The average Bonchev–Trinajstić information content (AvgIpc) is 2.19. The van der Waals surface area contributed by atoms with Crippen molar-refractivity contribution in [2.75, 3.05) is 12.9 Å². The van der Waals surface area contributed by atoms with Crippen LogP contribution in [0.25, 0.3) is 0 Å². The maximum absolute atomic E-state index is 5.04. The van der Waals surface area contributed by atoms with Crippen LogP contribution in [0.4, 0.5) is 0 Å². The Hall–Kier alpha value is -0.700. The van der Waals surface area contributed by atoms with Crippen LogP contribution in [0.2, 0.25) is 0 Å². The van der Waals surface area contributed by atoms with E-state index in [1.165, 1.54) is 12.8 Å². The lowest BCUT2D eigenvalue weighted by atomic mass is 10.4. The second kappa shape index (κ2) is 5.86. The summed E-state index contributed by atoms with van der Waals surface area (Å²) >= 11 is 1.78. The molecule has 0 N–H and O–H groups in total. The first kappa shape index (κ1) is 10.4. The number of methoxy groups -OCH3 is 1. The number of thioether (sulfide) groups is 1. The summed E-state index contributed by atoms with van der Waals surface area (Å²) < 4.78 is 5.04. The molecule has 72 valence electrons. The Morgan fingerprint density at radius 2 is 2.31 bits per heavy atom. The summed E-state index contributed by atoms with van der Waals surface area (Å²) in [5.74, 6) is 1.83. The van der Waals surface area contributed by atoms with Crippen LogP contribution in [-0.4, -0.2) is 17.8 Å². The van der Waals surface area contributed by atoms with E-state index in [2.05, 4.69) is 11.9 Å². The van der Waals surface area contributed by atoms with Crippen LogP contribution in [-0.2, 0) is 0 Å². The van der Waals surface area contributed by atoms with E-state index in [0.29, 0.717) is 5.88 Å². The lowest BCUT2D eigenvalue weighted by Gasteiger charge is -2.01. The fraction of sp³-hybridized carbons (Fsp3) is 0.500. The third-order valence-corrected chi connectivity index (χ3v) is 2.67. The summed E-state index contributed by atoms with van der Waals surface area (Å²) in [5, 5.41) is 1.05. The van der Waals surface area contributed by atoms with E-state index in [1.807, 2.05) is 18.2 Å². The van der Waals surface area contributed by atoms with Gasteiger partial charge in [0.2, 0.25) is 5.88 Å². The molecule has 1 aromatic heterocycles. The van der Waals surface area contributed by atoms with Crippen LogP contribution in [0.1, 0.15) is 19.8 Å². The number of nitrogens with zero attached hydrogens (tertiary/aromatic N) is 1. The first-order chi connectivity index (χ1) is 6.36. The second-order valence-electron chi connectivity index (χ2n) is 2.72. The SMILES string of the molecule is CCCCSc1cccc(OC)n1. The number of ether oxygens (including phenoxy) is 1. The third kappa shape index (κ3) is 3.68. The number of aromatic nitrogens is 1. The van der Waals surface area contributed by atoms with Gasteiger partial charge in [0.15, 0.2) is 0 Å². The molecule has 0 unspecified atom stereocenters. The topological polar surface area (TPSA) is 22.1 Å². The van der Waals surface area contributed by atoms with Gasteiger partial charge in [-0.25, -0.2) is 4.98 Å². The molecule has 1 rings (SSSR count). The minimum atomic E-state index is 0.696. The summed E-state index contributed by atoms with van der Waals surface area (Å²) in [5.41, 5.74) is 0. The predicted octanol–water partition coefficient (Wildman–Crippen LogP) is 2.98. The van der Waals surface area contributed by atoms with Crippen LogP contribution in [0, 0.1) is 0 Å². The standard InChI is InChI=1S/C10H15NOS/c1-3-4-8-13-10-7-5-6-9(11-10)12-2/h5-7H,3-4,8H2,1-2H3. The summed E-state index contributed by atoms with van der Waals surface area (Å²) in [6.45, 7) is 2.19. The molecule has 0 radical (unpaired) electrons. The number of hydrogen-bond donors (Lipinski definition) is 0. The van der Waals surface area contributed by atoms with E-state index in [9.17, 15) is 0 Å². The highest BCUT2D eigenvalue weighted by Crippen LogP contribution is 2.19. The number of hydrogen-bond acceptors (Lipinski definition) is 3. The van der Waals surface area contributed by atoms with Crippen molar-refractivity contribution in [2.45, 2.75) is 24.8 Å². The van der Waals surface area contributed by atoms with Gasteiger partial charge in [0.05, 0.1) is 7.11 Å². The quantitative estimate of drug-likeness (QED) is 0.535. The molecule has 3 heteroatoms. The summed E-state index contributed by atoms with van der Waals surface area (Å²) in [4.78, 5) is 4.30. The molecule has 13 heavy (non-hydrogen) atoms. The van der Waals surface area contributed by atoms with Gasteiger partial charge in [0, 0.05) is 6.07 Å². The zero-order chi connectivity index (χ0) is 9.52. The summed E-state index contributed by atoms with van der Waals surface area (Å²) in [6, 6.07) is 5.85. The van der Waals surface area contributed by atoms with Crippen molar-refractivity contribution in [3.8, 4) is 5.88 Å². The summed E-state index contributed by atoms with van der Waals surface area (Å²) in [7, 11) is 1.64. The van der Waals surface area contributed by atoms with E-state index in [1.54, 1.807) is 18.9 Å². The normalized spacial score (nSPS) is 10.0. The van der Waals surface area contributed by atoms with Crippen LogP contribution < -0.4 is 4.74 Å². The maximum atomic E-state index is 5.04. The van der Waals surface area contributed by atoms with Crippen molar-refractivity contribution in [3.63, 3.8) is 0 Å². The smallest absolute Gasteiger partial charge is 0.213 e. The number of rotatable bonds is 5. The van der Waals surface area contributed by atoms with Crippen molar-refractivity contribution in [3.05, 3.63) is 18.2 Å². The lowest BCUT2D eigenvalue weighted by Crippen LogP contribution is -1.88. The zero-order valence-electron chi connectivity index (χ0n) is 8.12. The van der Waals surface area contributed by atoms with Gasteiger partial charge in [0.25, 0.3) is 0 Å². The van der Waals surface area contributed by atoms with E-state index in [4.69, 9.17) is 4.74 Å². The van der Waals surface area contributed by atoms with Gasteiger partial charge in [0.1, 0.15) is 5.03 Å². The van der Waals surface area contributed by atoms with Gasteiger partial charge in [-0.2, -0.15) is 0 Å². The van der Waals surface area contributed by atoms with Crippen LogP contribution in [0.15, 0.2) is 23.2 Å². The van der Waals surface area contributed by atoms with Gasteiger partial charge in [-0.15, -0.1) is 11.8 Å². The minimum Gasteiger partial charge on any atom is -0.481 e. The van der Waals surface area contributed by atoms with Gasteiger partial charge in [-0.1, -0.05) is 19.4 Å². The Labute approximate surface area is 83.7 Å².